The summed E-state index contributed by atoms with van der Waals surface area (Å²) >= 11 is 0. The molecule has 0 aliphatic heterocycles. The molecule has 0 aromatic heterocycles. The van der Waals surface area contributed by atoms with Gasteiger partial charge in [-0.3, -0.25) is 4.79 Å². The van der Waals surface area contributed by atoms with Crippen LogP contribution in [0.1, 0.15) is 58.3 Å². The molecule has 4 heteroatoms. The molecule has 0 aromatic carbocycles. The molecule has 2 saturated carbocycles. The van der Waals surface area contributed by atoms with Crippen molar-refractivity contribution in [3.8, 4) is 0 Å². The molecule has 0 aromatic rings. The zero-order valence-corrected chi connectivity index (χ0v) is 12.9. The SMILES string of the molecule is COC(=O)C1(N)CCCC1CCOC1CCC(C)CC1. The molecule has 2 fully saturated rings. The van der Waals surface area contributed by atoms with Crippen molar-refractivity contribution in [3.05, 3.63) is 0 Å². The summed E-state index contributed by atoms with van der Waals surface area (Å²) in [5, 5.41) is 0. The van der Waals surface area contributed by atoms with Crippen molar-refractivity contribution in [2.45, 2.75) is 69.9 Å². The van der Waals surface area contributed by atoms with E-state index in [1.807, 2.05) is 0 Å². The van der Waals surface area contributed by atoms with Gasteiger partial charge in [-0.05, 0) is 56.8 Å². The second-order valence-corrected chi connectivity index (χ2v) is 6.66. The van der Waals surface area contributed by atoms with Crippen LogP contribution in [0.25, 0.3) is 0 Å². The molecule has 0 saturated heterocycles. The Bertz CT molecular complexity index is 326. The highest BCUT2D eigenvalue weighted by Gasteiger charge is 2.46. The predicted octanol–water partition coefficient (Wildman–Crippen LogP) is 2.64. The molecule has 20 heavy (non-hydrogen) atoms. The molecule has 4 nitrogen and oxygen atoms in total. The van der Waals surface area contributed by atoms with Gasteiger partial charge in [0.25, 0.3) is 0 Å². The fourth-order valence-electron chi connectivity index (χ4n) is 3.74. The van der Waals surface area contributed by atoms with Crippen molar-refractivity contribution < 1.29 is 14.3 Å². The maximum absolute atomic E-state index is 11.9. The lowest BCUT2D eigenvalue weighted by Gasteiger charge is -2.30. The molecule has 0 heterocycles. The quantitative estimate of drug-likeness (QED) is 0.788. The summed E-state index contributed by atoms with van der Waals surface area (Å²) in [6.07, 6.45) is 8.95. The van der Waals surface area contributed by atoms with Crippen LogP contribution in [0.4, 0.5) is 0 Å². The van der Waals surface area contributed by atoms with Gasteiger partial charge in [-0.25, -0.2) is 0 Å². The molecule has 2 rings (SSSR count). The van der Waals surface area contributed by atoms with Gasteiger partial charge in [0, 0.05) is 6.61 Å². The Balaban J connectivity index is 1.74. The van der Waals surface area contributed by atoms with Crippen LogP contribution in [0, 0.1) is 11.8 Å². The van der Waals surface area contributed by atoms with E-state index in [0.717, 1.165) is 38.2 Å². The Hall–Kier alpha value is -0.610. The number of methoxy groups -OCH3 is 1. The summed E-state index contributed by atoms with van der Waals surface area (Å²) < 4.78 is 10.9. The first kappa shape index (κ1) is 15.8. The zero-order chi connectivity index (χ0) is 14.6. The van der Waals surface area contributed by atoms with Crippen LogP contribution in [0.2, 0.25) is 0 Å². The van der Waals surface area contributed by atoms with Gasteiger partial charge in [0.1, 0.15) is 5.54 Å². The summed E-state index contributed by atoms with van der Waals surface area (Å²) in [7, 11) is 1.42. The zero-order valence-electron chi connectivity index (χ0n) is 12.9. The maximum Gasteiger partial charge on any atom is 0.326 e. The van der Waals surface area contributed by atoms with Gasteiger partial charge in [-0.15, -0.1) is 0 Å². The molecule has 2 aliphatic rings. The lowest BCUT2D eigenvalue weighted by atomic mass is 9.85. The van der Waals surface area contributed by atoms with Gasteiger partial charge < -0.3 is 15.2 Å². The van der Waals surface area contributed by atoms with E-state index in [0.29, 0.717) is 6.10 Å². The fourth-order valence-corrected chi connectivity index (χ4v) is 3.74. The number of carbonyl (C=O) groups is 1. The van der Waals surface area contributed by atoms with Gasteiger partial charge in [-0.2, -0.15) is 0 Å². The minimum atomic E-state index is -0.779. The predicted molar refractivity (Wildman–Crippen MR) is 78.3 cm³/mol. The van der Waals surface area contributed by atoms with E-state index < -0.39 is 5.54 Å². The number of rotatable bonds is 5. The van der Waals surface area contributed by atoms with Crippen molar-refractivity contribution in [1.29, 1.82) is 0 Å². The van der Waals surface area contributed by atoms with Crippen LogP contribution >= 0.6 is 0 Å². The second-order valence-electron chi connectivity index (χ2n) is 6.66. The first-order valence-electron chi connectivity index (χ1n) is 8.05. The maximum atomic E-state index is 11.9. The minimum absolute atomic E-state index is 0.206. The van der Waals surface area contributed by atoms with Gasteiger partial charge in [0.05, 0.1) is 13.2 Å². The Kier molecular flexibility index (Phi) is 5.44. The van der Waals surface area contributed by atoms with Crippen LogP contribution in [-0.2, 0) is 14.3 Å². The number of esters is 1. The minimum Gasteiger partial charge on any atom is -0.468 e. The number of ether oxygens (including phenoxy) is 2. The van der Waals surface area contributed by atoms with Crippen LogP contribution < -0.4 is 5.73 Å². The van der Waals surface area contributed by atoms with E-state index in [2.05, 4.69) is 6.92 Å². The van der Waals surface area contributed by atoms with Crippen LogP contribution in [0.15, 0.2) is 0 Å². The third kappa shape index (κ3) is 3.53. The molecule has 0 amide bonds. The normalized spacial score (nSPS) is 37.9. The number of nitrogens with two attached hydrogens (primary N) is 1. The number of hydrogen-bond donors (Lipinski definition) is 1. The molecule has 2 atom stereocenters. The molecule has 2 aliphatic carbocycles. The average Bonchev–Trinajstić information content (AvgIpc) is 2.83. The Morgan fingerprint density at radius 3 is 2.60 bits per heavy atom. The summed E-state index contributed by atoms with van der Waals surface area (Å²) in [6.45, 7) is 3.04. The lowest BCUT2D eigenvalue weighted by Crippen LogP contribution is -2.52. The van der Waals surface area contributed by atoms with E-state index in [1.165, 1.54) is 32.8 Å². The van der Waals surface area contributed by atoms with Gasteiger partial charge in [0.15, 0.2) is 0 Å². The van der Waals surface area contributed by atoms with Crippen molar-refractivity contribution in [1.82, 2.24) is 0 Å². The van der Waals surface area contributed by atoms with E-state index in [9.17, 15) is 4.79 Å². The molecule has 0 spiro atoms. The smallest absolute Gasteiger partial charge is 0.326 e. The summed E-state index contributed by atoms with van der Waals surface area (Å²) in [5.41, 5.74) is 5.49. The third-order valence-electron chi connectivity index (χ3n) is 5.22. The first-order valence-corrected chi connectivity index (χ1v) is 8.05. The molecule has 2 N–H and O–H groups in total. The molecular formula is C16H29NO3. The van der Waals surface area contributed by atoms with Crippen molar-refractivity contribution in [2.75, 3.05) is 13.7 Å². The average molecular weight is 283 g/mol. The van der Waals surface area contributed by atoms with Crippen LogP contribution in [-0.4, -0.2) is 31.3 Å². The Morgan fingerprint density at radius 1 is 1.25 bits per heavy atom. The largest absolute Gasteiger partial charge is 0.468 e. The first-order chi connectivity index (χ1) is 9.56. The fraction of sp³-hybridized carbons (Fsp3) is 0.938. The van der Waals surface area contributed by atoms with Crippen molar-refractivity contribution in [3.63, 3.8) is 0 Å². The molecule has 2 unspecified atom stereocenters. The van der Waals surface area contributed by atoms with E-state index in [4.69, 9.17) is 15.2 Å². The van der Waals surface area contributed by atoms with Gasteiger partial charge >= 0.3 is 5.97 Å². The summed E-state index contributed by atoms with van der Waals surface area (Å²) in [6, 6.07) is 0. The highest BCUT2D eigenvalue weighted by molar-refractivity contribution is 5.81. The molecule has 0 bridgehead atoms. The molecule has 116 valence electrons. The van der Waals surface area contributed by atoms with Crippen LogP contribution in [0.3, 0.4) is 0 Å². The van der Waals surface area contributed by atoms with Gasteiger partial charge in [-0.1, -0.05) is 13.3 Å². The number of carbonyl (C=O) groups excluding carboxylic acids is 1. The molecular weight excluding hydrogens is 254 g/mol. The summed E-state index contributed by atoms with van der Waals surface area (Å²) in [5.74, 6) is 0.796. The highest BCUT2D eigenvalue weighted by atomic mass is 16.5. The highest BCUT2D eigenvalue weighted by Crippen LogP contribution is 2.37. The van der Waals surface area contributed by atoms with Crippen molar-refractivity contribution >= 4 is 5.97 Å². The Morgan fingerprint density at radius 2 is 1.95 bits per heavy atom. The lowest BCUT2D eigenvalue weighted by molar-refractivity contribution is -0.148. The monoisotopic (exact) mass is 283 g/mol. The third-order valence-corrected chi connectivity index (χ3v) is 5.22. The van der Waals surface area contributed by atoms with E-state index >= 15 is 0 Å². The standard InChI is InChI=1S/C16H29NO3/c1-12-5-7-14(8-6-12)20-11-9-13-4-3-10-16(13,17)15(18)19-2/h12-14H,3-11,17H2,1-2H3. The number of hydrogen-bond acceptors (Lipinski definition) is 4. The Labute approximate surface area is 122 Å². The van der Waals surface area contributed by atoms with Crippen molar-refractivity contribution in [2.24, 2.45) is 17.6 Å². The van der Waals surface area contributed by atoms with Gasteiger partial charge in [0.2, 0.25) is 0 Å². The van der Waals surface area contributed by atoms with E-state index in [1.54, 1.807) is 0 Å². The van der Waals surface area contributed by atoms with Crippen LogP contribution in [0.5, 0.6) is 0 Å². The van der Waals surface area contributed by atoms with E-state index in [-0.39, 0.29) is 11.9 Å². The summed E-state index contributed by atoms with van der Waals surface area (Å²) in [4.78, 5) is 11.9. The molecule has 0 radical (unpaired) electrons. The second kappa shape index (κ2) is 6.90. The topological polar surface area (TPSA) is 61.5 Å².